The summed E-state index contributed by atoms with van der Waals surface area (Å²) in [4.78, 5) is 14.3. The van der Waals surface area contributed by atoms with Gasteiger partial charge < -0.3 is 13.7 Å². The molecule has 0 saturated carbocycles. The number of alkyl halides is 3. The van der Waals surface area contributed by atoms with E-state index in [2.05, 4.69) is 4.18 Å². The van der Waals surface area contributed by atoms with E-state index >= 15 is 0 Å². The number of hydrogen-bond acceptors (Lipinski definition) is 6. The van der Waals surface area contributed by atoms with Crippen LogP contribution >= 0.6 is 0 Å². The fourth-order valence-electron chi connectivity index (χ4n) is 3.55. The number of carbonyl (C=O) groups excluding carboxylic acids is 1. The van der Waals surface area contributed by atoms with E-state index in [1.807, 2.05) is 0 Å². The number of amides is 1. The number of nitrogens with zero attached hydrogens (tertiary/aromatic N) is 1. The summed E-state index contributed by atoms with van der Waals surface area (Å²) in [5, 5.41) is 0. The van der Waals surface area contributed by atoms with Crippen LogP contribution in [0.2, 0.25) is 0 Å². The minimum Gasteiger partial charge on any atom is -0.491 e. The van der Waals surface area contributed by atoms with E-state index < -0.39 is 39.1 Å². The van der Waals surface area contributed by atoms with E-state index in [0.29, 0.717) is 12.8 Å². The molecule has 3 rings (SSSR count). The van der Waals surface area contributed by atoms with Crippen molar-refractivity contribution in [3.63, 3.8) is 0 Å². The molecule has 1 fully saturated rings. The average molecular weight is 463 g/mol. The van der Waals surface area contributed by atoms with Gasteiger partial charge in [-0.05, 0) is 58.2 Å². The summed E-state index contributed by atoms with van der Waals surface area (Å²) in [7, 11) is -5.89. The van der Waals surface area contributed by atoms with E-state index in [4.69, 9.17) is 9.47 Å². The number of halogens is 3. The summed E-state index contributed by atoms with van der Waals surface area (Å²) < 4.78 is 77.8. The minimum atomic E-state index is -5.89. The third kappa shape index (κ3) is 5.25. The van der Waals surface area contributed by atoms with Crippen LogP contribution in [-0.2, 0) is 19.0 Å². The predicted molar refractivity (Wildman–Crippen MR) is 105 cm³/mol. The molecule has 2 heterocycles. The summed E-state index contributed by atoms with van der Waals surface area (Å²) in [6, 6.07) is 5.36. The fourth-order valence-corrected chi connectivity index (χ4v) is 4.04. The molecule has 1 aromatic carbocycles. The maximum absolute atomic E-state index is 12.9. The lowest BCUT2D eigenvalue weighted by Crippen LogP contribution is -2.46. The van der Waals surface area contributed by atoms with Crippen molar-refractivity contribution in [2.24, 2.45) is 0 Å². The Kier molecular flexibility index (Phi) is 6.18. The Bertz CT molecular complexity index is 968. The van der Waals surface area contributed by atoms with Crippen LogP contribution in [0.5, 0.6) is 5.75 Å². The summed E-state index contributed by atoms with van der Waals surface area (Å²) in [6.45, 7) is 5.27. The Hall–Kier alpha value is -2.43. The Morgan fingerprint density at radius 3 is 2.42 bits per heavy atom. The molecule has 2 aliphatic heterocycles. The lowest BCUT2D eigenvalue weighted by Gasteiger charge is -2.33. The quantitative estimate of drug-likeness (QED) is 0.476. The molecule has 1 amide bonds. The van der Waals surface area contributed by atoms with Crippen molar-refractivity contribution in [2.75, 3.05) is 6.61 Å². The van der Waals surface area contributed by atoms with Crippen LogP contribution in [0.3, 0.4) is 0 Å². The third-order valence-corrected chi connectivity index (χ3v) is 5.83. The third-order valence-electron chi connectivity index (χ3n) is 4.87. The van der Waals surface area contributed by atoms with Gasteiger partial charge in [0, 0.05) is 6.04 Å². The van der Waals surface area contributed by atoms with Gasteiger partial charge in [0.25, 0.3) is 0 Å². The summed E-state index contributed by atoms with van der Waals surface area (Å²) >= 11 is 0. The second kappa shape index (κ2) is 8.25. The molecular weight excluding hydrogens is 439 g/mol. The smallest absolute Gasteiger partial charge is 0.491 e. The Morgan fingerprint density at radius 1 is 1.13 bits per heavy atom. The van der Waals surface area contributed by atoms with Crippen LogP contribution < -0.4 is 4.74 Å². The second-order valence-electron chi connectivity index (χ2n) is 8.37. The molecular formula is C20H24F3NO6S. The van der Waals surface area contributed by atoms with Gasteiger partial charge in [-0.2, -0.15) is 21.6 Å². The molecule has 0 aliphatic carbocycles. The van der Waals surface area contributed by atoms with E-state index in [0.717, 1.165) is 0 Å². The average Bonchev–Trinajstić information content (AvgIpc) is 3.03. The molecule has 11 heteroatoms. The molecule has 2 unspecified atom stereocenters. The zero-order valence-electron chi connectivity index (χ0n) is 17.3. The predicted octanol–water partition coefficient (Wildman–Crippen LogP) is 4.44. The molecule has 1 aromatic rings. The second-order valence-corrected chi connectivity index (χ2v) is 9.90. The minimum absolute atomic E-state index is 0.0755. The Morgan fingerprint density at radius 2 is 1.77 bits per heavy atom. The first kappa shape index (κ1) is 23.2. The van der Waals surface area contributed by atoms with E-state index in [9.17, 15) is 26.4 Å². The SMILES string of the molecule is CC(C)(C)OC(=O)N1C2C/C=C(/OS(=O)(=O)C(F)(F)F)c3ccccc3OCC1CC2. The number of rotatable bonds is 2. The first-order chi connectivity index (χ1) is 14.3. The molecule has 0 spiro atoms. The largest absolute Gasteiger partial charge is 0.534 e. The zero-order chi connectivity index (χ0) is 23.0. The highest BCUT2D eigenvalue weighted by Crippen LogP contribution is 2.37. The standard InChI is InChI=1S/C20H24F3NO6S/c1-19(2,3)29-18(25)24-13-8-9-14(24)12-28-16-7-5-4-6-15(16)17(11-10-13)30-31(26,27)20(21,22)23/h4-7,11,13-14H,8-10,12H2,1-3H3/b17-11+. The first-order valence-corrected chi connectivity index (χ1v) is 11.1. The van der Waals surface area contributed by atoms with Crippen molar-refractivity contribution in [1.29, 1.82) is 0 Å². The highest BCUT2D eigenvalue weighted by Gasteiger charge is 2.49. The fraction of sp³-hybridized carbons (Fsp3) is 0.550. The maximum Gasteiger partial charge on any atom is 0.534 e. The highest BCUT2D eigenvalue weighted by atomic mass is 32.2. The molecule has 0 N–H and O–H groups in total. The van der Waals surface area contributed by atoms with Gasteiger partial charge in [0.15, 0.2) is 0 Å². The van der Waals surface area contributed by atoms with Crippen LogP contribution in [0, 0.1) is 0 Å². The van der Waals surface area contributed by atoms with E-state index in [-0.39, 0.29) is 30.4 Å². The van der Waals surface area contributed by atoms with Crippen molar-refractivity contribution < 1.29 is 40.0 Å². The number of para-hydroxylation sites is 1. The zero-order valence-corrected chi connectivity index (χ0v) is 18.1. The molecule has 1 saturated heterocycles. The lowest BCUT2D eigenvalue weighted by molar-refractivity contribution is -0.0509. The molecule has 0 aromatic heterocycles. The highest BCUT2D eigenvalue weighted by molar-refractivity contribution is 7.87. The van der Waals surface area contributed by atoms with Gasteiger partial charge in [-0.15, -0.1) is 0 Å². The Balaban J connectivity index is 1.99. The van der Waals surface area contributed by atoms with Crippen LogP contribution in [0.15, 0.2) is 30.3 Å². The van der Waals surface area contributed by atoms with Gasteiger partial charge >= 0.3 is 21.7 Å². The summed E-state index contributed by atoms with van der Waals surface area (Å²) in [5.74, 6) is -0.344. The number of fused-ring (bicyclic) bond motifs is 3. The summed E-state index contributed by atoms with van der Waals surface area (Å²) in [5.41, 5.74) is -6.23. The number of hydrogen-bond donors (Lipinski definition) is 0. The number of benzene rings is 1. The van der Waals surface area contributed by atoms with Gasteiger partial charge in [0.2, 0.25) is 0 Å². The van der Waals surface area contributed by atoms with Gasteiger partial charge in [0.1, 0.15) is 23.7 Å². The monoisotopic (exact) mass is 463 g/mol. The normalized spacial score (nSPS) is 23.8. The first-order valence-electron chi connectivity index (χ1n) is 9.73. The van der Waals surface area contributed by atoms with Gasteiger partial charge in [-0.25, -0.2) is 4.79 Å². The van der Waals surface area contributed by atoms with Crippen molar-refractivity contribution >= 4 is 22.0 Å². The maximum atomic E-state index is 12.9. The van der Waals surface area contributed by atoms with Gasteiger partial charge in [0.05, 0.1) is 11.6 Å². The van der Waals surface area contributed by atoms with Gasteiger partial charge in [-0.1, -0.05) is 12.1 Å². The topological polar surface area (TPSA) is 82.1 Å². The van der Waals surface area contributed by atoms with Crippen molar-refractivity contribution in [3.05, 3.63) is 35.9 Å². The number of ether oxygens (including phenoxy) is 2. The molecule has 31 heavy (non-hydrogen) atoms. The molecule has 2 bridgehead atoms. The van der Waals surface area contributed by atoms with E-state index in [1.165, 1.54) is 29.2 Å². The molecule has 172 valence electrons. The van der Waals surface area contributed by atoms with Crippen molar-refractivity contribution in [2.45, 2.75) is 63.2 Å². The molecule has 2 aliphatic rings. The lowest BCUT2D eigenvalue weighted by atomic mass is 10.1. The molecule has 0 radical (unpaired) electrons. The molecule has 7 nitrogen and oxygen atoms in total. The van der Waals surface area contributed by atoms with Crippen LogP contribution in [0.4, 0.5) is 18.0 Å². The summed E-state index contributed by atoms with van der Waals surface area (Å²) in [6.07, 6.45) is 1.95. The van der Waals surface area contributed by atoms with Crippen molar-refractivity contribution in [3.8, 4) is 5.75 Å². The van der Waals surface area contributed by atoms with E-state index in [1.54, 1.807) is 26.8 Å². The van der Waals surface area contributed by atoms with Crippen molar-refractivity contribution in [1.82, 2.24) is 4.90 Å². The number of carbonyl (C=O) groups is 1. The van der Waals surface area contributed by atoms with Crippen LogP contribution in [0.25, 0.3) is 5.76 Å². The Labute approximate surface area is 178 Å². The van der Waals surface area contributed by atoms with Crippen LogP contribution in [0.1, 0.15) is 45.6 Å². The van der Waals surface area contributed by atoms with Gasteiger partial charge in [-0.3, -0.25) is 4.90 Å². The molecule has 2 atom stereocenters. The van der Waals surface area contributed by atoms with Crippen LogP contribution in [-0.4, -0.2) is 49.2 Å².